The Bertz CT molecular complexity index is 434. The summed E-state index contributed by atoms with van der Waals surface area (Å²) in [4.78, 5) is 2.50. The summed E-state index contributed by atoms with van der Waals surface area (Å²) in [6.07, 6.45) is 5.28. The highest BCUT2D eigenvalue weighted by atomic mass is 16.5. The van der Waals surface area contributed by atoms with Crippen LogP contribution in [0.4, 0.5) is 0 Å². The van der Waals surface area contributed by atoms with E-state index in [1.54, 1.807) is 0 Å². The Labute approximate surface area is 113 Å². The largest absolute Gasteiger partial charge is 0.378 e. The van der Waals surface area contributed by atoms with Crippen LogP contribution in [0.1, 0.15) is 32.0 Å². The average Bonchev–Trinajstić information content (AvgIpc) is 2.94. The molecule has 0 spiro atoms. The molecule has 0 aliphatic carbocycles. The molecule has 0 aromatic carbocycles. The van der Waals surface area contributed by atoms with Crippen molar-refractivity contribution in [2.24, 2.45) is 5.73 Å². The first kappa shape index (κ1) is 13.0. The lowest BCUT2D eigenvalue weighted by atomic mass is 9.83. The predicted molar refractivity (Wildman–Crippen MR) is 71.5 cm³/mol. The zero-order chi connectivity index (χ0) is 13.3. The molecule has 2 atom stereocenters. The fourth-order valence-corrected chi connectivity index (χ4v) is 3.34. The minimum atomic E-state index is 0.0795. The van der Waals surface area contributed by atoms with Crippen molar-refractivity contribution >= 4 is 0 Å². The van der Waals surface area contributed by atoms with Crippen LogP contribution in [-0.4, -0.2) is 51.0 Å². The number of nitrogens with two attached hydrogens (primary N) is 1. The van der Waals surface area contributed by atoms with Gasteiger partial charge in [0, 0.05) is 31.8 Å². The van der Waals surface area contributed by atoms with Gasteiger partial charge in [-0.15, -0.1) is 10.2 Å². The number of aromatic nitrogens is 3. The average molecular weight is 265 g/mol. The molecule has 6 heteroatoms. The summed E-state index contributed by atoms with van der Waals surface area (Å²) in [6.45, 7) is 6.54. The van der Waals surface area contributed by atoms with Crippen LogP contribution in [0.5, 0.6) is 0 Å². The first-order valence-electron chi connectivity index (χ1n) is 7.21. The fraction of sp³-hybridized carbons (Fsp3) is 0.846. The Balaban J connectivity index is 1.79. The second-order valence-corrected chi connectivity index (χ2v) is 5.65. The van der Waals surface area contributed by atoms with E-state index in [0.29, 0.717) is 12.6 Å². The Morgan fingerprint density at radius 2 is 2.42 bits per heavy atom. The Hall–Kier alpha value is -0.980. The topological polar surface area (TPSA) is 69.2 Å². The number of nitrogens with zero attached hydrogens (tertiary/aromatic N) is 4. The zero-order valence-electron chi connectivity index (χ0n) is 11.6. The molecule has 3 heterocycles. The van der Waals surface area contributed by atoms with Gasteiger partial charge in [0.1, 0.15) is 12.2 Å². The summed E-state index contributed by atoms with van der Waals surface area (Å²) in [5, 5.41) is 8.20. The van der Waals surface area contributed by atoms with E-state index in [1.165, 1.54) is 0 Å². The Morgan fingerprint density at radius 1 is 1.53 bits per heavy atom. The van der Waals surface area contributed by atoms with Crippen LogP contribution in [0.15, 0.2) is 6.33 Å². The lowest BCUT2D eigenvalue weighted by Crippen LogP contribution is -2.60. The van der Waals surface area contributed by atoms with Gasteiger partial charge >= 0.3 is 0 Å². The number of fused-ring (bicyclic) bond motifs is 1. The third kappa shape index (κ3) is 2.28. The Kier molecular flexibility index (Phi) is 3.56. The van der Waals surface area contributed by atoms with Crippen LogP contribution in [0.2, 0.25) is 0 Å². The summed E-state index contributed by atoms with van der Waals surface area (Å²) in [7, 11) is 0. The van der Waals surface area contributed by atoms with Crippen LogP contribution in [0.3, 0.4) is 0 Å². The van der Waals surface area contributed by atoms with Gasteiger partial charge in [-0.2, -0.15) is 0 Å². The van der Waals surface area contributed by atoms with Gasteiger partial charge in [-0.05, 0) is 19.3 Å². The highest BCUT2D eigenvalue weighted by molar-refractivity contribution is 5.01. The quantitative estimate of drug-likeness (QED) is 0.855. The molecule has 2 aliphatic heterocycles. The van der Waals surface area contributed by atoms with Crippen LogP contribution in [0, 0.1) is 0 Å². The van der Waals surface area contributed by atoms with Gasteiger partial charge in [0.2, 0.25) is 0 Å². The van der Waals surface area contributed by atoms with Gasteiger partial charge in [0.25, 0.3) is 0 Å². The van der Waals surface area contributed by atoms with Crippen molar-refractivity contribution in [3.63, 3.8) is 0 Å². The number of hydrogen-bond acceptors (Lipinski definition) is 5. The molecule has 106 valence electrons. The van der Waals surface area contributed by atoms with Crippen molar-refractivity contribution in [1.82, 2.24) is 19.7 Å². The highest BCUT2D eigenvalue weighted by Gasteiger charge is 2.41. The minimum absolute atomic E-state index is 0.0795. The van der Waals surface area contributed by atoms with Crippen molar-refractivity contribution < 1.29 is 4.74 Å². The van der Waals surface area contributed by atoms with E-state index in [0.717, 1.165) is 51.3 Å². The monoisotopic (exact) mass is 265 g/mol. The molecule has 1 aromatic rings. The van der Waals surface area contributed by atoms with Crippen molar-refractivity contribution in [3.05, 3.63) is 12.2 Å². The normalized spacial score (nSPS) is 32.2. The maximum absolute atomic E-state index is 6.14. The maximum Gasteiger partial charge on any atom is 0.147 e. The number of ether oxygens (including phenoxy) is 1. The second kappa shape index (κ2) is 5.19. The first-order valence-corrected chi connectivity index (χ1v) is 7.21. The summed E-state index contributed by atoms with van der Waals surface area (Å²) >= 11 is 0. The molecule has 2 aliphatic rings. The van der Waals surface area contributed by atoms with E-state index in [9.17, 15) is 0 Å². The maximum atomic E-state index is 6.14. The van der Waals surface area contributed by atoms with Crippen molar-refractivity contribution in [2.75, 3.05) is 19.7 Å². The molecule has 1 aromatic heterocycles. The molecular formula is C13H23N5O. The van der Waals surface area contributed by atoms with Gasteiger partial charge in [-0.25, -0.2) is 0 Å². The van der Waals surface area contributed by atoms with E-state index in [2.05, 4.69) is 26.6 Å². The number of hydrogen-bond donors (Lipinski definition) is 1. The molecular weight excluding hydrogens is 242 g/mol. The molecule has 1 fully saturated rings. The van der Waals surface area contributed by atoms with Gasteiger partial charge < -0.3 is 15.0 Å². The van der Waals surface area contributed by atoms with Gasteiger partial charge in [0.05, 0.1) is 12.6 Å². The Morgan fingerprint density at radius 3 is 3.21 bits per heavy atom. The molecule has 2 N–H and O–H groups in total. The lowest BCUT2D eigenvalue weighted by molar-refractivity contribution is -0.0797. The van der Waals surface area contributed by atoms with E-state index in [4.69, 9.17) is 10.5 Å². The molecule has 6 nitrogen and oxygen atoms in total. The van der Waals surface area contributed by atoms with E-state index in [1.807, 2.05) is 6.33 Å². The molecule has 1 saturated heterocycles. The lowest BCUT2D eigenvalue weighted by Gasteiger charge is -2.49. The van der Waals surface area contributed by atoms with E-state index < -0.39 is 0 Å². The summed E-state index contributed by atoms with van der Waals surface area (Å²) < 4.78 is 7.95. The summed E-state index contributed by atoms with van der Waals surface area (Å²) in [5.41, 5.74) is 6.22. The number of rotatable bonds is 3. The highest BCUT2D eigenvalue weighted by Crippen LogP contribution is 2.33. The SMILES string of the molecule is CCC1CC(CN)(N2CCn3cnnc3C2)CCO1. The second-order valence-electron chi connectivity index (χ2n) is 5.65. The standard InChI is InChI=1S/C13H23N5O/c1-2-11-7-13(9-14,3-6-19-11)18-5-4-17-10-15-16-12(17)8-18/h10-11H,2-9,14H2,1H3. The van der Waals surface area contributed by atoms with E-state index in [-0.39, 0.29) is 5.54 Å². The van der Waals surface area contributed by atoms with Crippen molar-refractivity contribution in [1.29, 1.82) is 0 Å². The van der Waals surface area contributed by atoms with Gasteiger partial charge in [-0.1, -0.05) is 6.92 Å². The predicted octanol–water partition coefficient (Wildman–Crippen LogP) is 0.380. The molecule has 19 heavy (non-hydrogen) atoms. The molecule has 2 unspecified atom stereocenters. The summed E-state index contributed by atoms with van der Waals surface area (Å²) in [6, 6.07) is 0. The first-order chi connectivity index (χ1) is 9.27. The third-order valence-electron chi connectivity index (χ3n) is 4.67. The molecule has 0 bridgehead atoms. The van der Waals surface area contributed by atoms with Crippen molar-refractivity contribution in [2.45, 2.75) is 50.9 Å². The molecule has 3 rings (SSSR count). The summed E-state index contributed by atoms with van der Waals surface area (Å²) in [5.74, 6) is 1.05. The van der Waals surface area contributed by atoms with Crippen LogP contribution in [0.25, 0.3) is 0 Å². The van der Waals surface area contributed by atoms with Crippen LogP contribution in [-0.2, 0) is 17.8 Å². The zero-order valence-corrected chi connectivity index (χ0v) is 11.6. The fourth-order valence-electron chi connectivity index (χ4n) is 3.34. The van der Waals surface area contributed by atoms with E-state index >= 15 is 0 Å². The minimum Gasteiger partial charge on any atom is -0.378 e. The van der Waals surface area contributed by atoms with Gasteiger partial charge in [-0.3, -0.25) is 4.90 Å². The van der Waals surface area contributed by atoms with Crippen molar-refractivity contribution in [3.8, 4) is 0 Å². The van der Waals surface area contributed by atoms with Gasteiger partial charge in [0.15, 0.2) is 0 Å². The molecule has 0 amide bonds. The molecule has 0 saturated carbocycles. The van der Waals surface area contributed by atoms with Crippen LogP contribution >= 0.6 is 0 Å². The van der Waals surface area contributed by atoms with Crippen LogP contribution < -0.4 is 5.73 Å². The smallest absolute Gasteiger partial charge is 0.147 e. The third-order valence-corrected chi connectivity index (χ3v) is 4.67. The molecule has 0 radical (unpaired) electrons.